The number of benzene rings is 2. The molecule has 1 aliphatic heterocycles. The average Bonchev–Trinajstić information content (AvgIpc) is 3.27. The maximum Gasteiger partial charge on any atom is 0.260 e. The number of aromatic nitrogens is 1. The van der Waals surface area contributed by atoms with Crippen molar-refractivity contribution in [3.63, 3.8) is 0 Å². The largest absolute Gasteiger partial charge is 0.497 e. The van der Waals surface area contributed by atoms with Crippen molar-refractivity contribution in [1.82, 2.24) is 14.2 Å². The highest BCUT2D eigenvalue weighted by molar-refractivity contribution is 7.89. The Kier molecular flexibility index (Phi) is 7.51. The fraction of sp³-hybridized carbons (Fsp3) is 0.417. The Morgan fingerprint density at radius 1 is 1.06 bits per heavy atom. The van der Waals surface area contributed by atoms with Gasteiger partial charge in [0.25, 0.3) is 5.91 Å². The van der Waals surface area contributed by atoms with Gasteiger partial charge in [0.15, 0.2) is 5.13 Å². The lowest BCUT2D eigenvalue weighted by Crippen LogP contribution is -2.37. The minimum Gasteiger partial charge on any atom is -0.497 e. The molecule has 0 bridgehead atoms. The van der Waals surface area contributed by atoms with Crippen molar-refractivity contribution in [1.29, 1.82) is 0 Å². The number of nitrogens with zero attached hydrogens (tertiary/aromatic N) is 4. The SMILES string of the molecule is COc1ccc2nc(N(CCN(C)C)C(=O)c3ccc(S(=O)(=O)N4CCCCC4)cc3)sc2c1. The van der Waals surface area contributed by atoms with Gasteiger partial charge in [0.2, 0.25) is 10.0 Å². The van der Waals surface area contributed by atoms with E-state index < -0.39 is 10.0 Å². The summed E-state index contributed by atoms with van der Waals surface area (Å²) in [5.74, 6) is 0.522. The summed E-state index contributed by atoms with van der Waals surface area (Å²) in [4.78, 5) is 22.1. The lowest BCUT2D eigenvalue weighted by molar-refractivity contribution is 0.0985. The summed E-state index contributed by atoms with van der Waals surface area (Å²) < 4.78 is 33.7. The van der Waals surface area contributed by atoms with E-state index in [-0.39, 0.29) is 10.8 Å². The van der Waals surface area contributed by atoms with Crippen LogP contribution in [0.4, 0.5) is 5.13 Å². The first-order chi connectivity index (χ1) is 16.3. The molecule has 8 nitrogen and oxygen atoms in total. The molecule has 0 unspecified atom stereocenters. The van der Waals surface area contributed by atoms with E-state index in [1.807, 2.05) is 37.2 Å². The Hall–Kier alpha value is -2.53. The van der Waals surface area contributed by atoms with E-state index in [4.69, 9.17) is 4.74 Å². The number of piperidine rings is 1. The molecule has 10 heteroatoms. The molecule has 0 atom stereocenters. The Morgan fingerprint density at radius 3 is 2.41 bits per heavy atom. The van der Waals surface area contributed by atoms with E-state index >= 15 is 0 Å². The molecule has 1 amide bonds. The second-order valence-corrected chi connectivity index (χ2v) is 11.5. The normalized spacial score (nSPS) is 15.1. The van der Waals surface area contributed by atoms with Crippen LogP contribution in [0.3, 0.4) is 0 Å². The number of fused-ring (bicyclic) bond motifs is 1. The van der Waals surface area contributed by atoms with E-state index in [9.17, 15) is 13.2 Å². The number of hydrogen-bond donors (Lipinski definition) is 0. The molecular weight excluding hydrogens is 472 g/mol. The van der Waals surface area contributed by atoms with Crippen molar-refractivity contribution in [2.75, 3.05) is 52.3 Å². The van der Waals surface area contributed by atoms with Gasteiger partial charge in [0.1, 0.15) is 5.75 Å². The Balaban J connectivity index is 1.61. The van der Waals surface area contributed by atoms with Crippen LogP contribution in [-0.2, 0) is 10.0 Å². The highest BCUT2D eigenvalue weighted by Gasteiger charge is 2.27. The van der Waals surface area contributed by atoms with E-state index in [0.29, 0.717) is 36.9 Å². The van der Waals surface area contributed by atoms with Crippen molar-refractivity contribution in [2.45, 2.75) is 24.2 Å². The highest BCUT2D eigenvalue weighted by Crippen LogP contribution is 2.32. The summed E-state index contributed by atoms with van der Waals surface area (Å²) in [5.41, 5.74) is 1.22. The van der Waals surface area contributed by atoms with Crippen molar-refractivity contribution in [2.24, 2.45) is 0 Å². The summed E-state index contributed by atoms with van der Waals surface area (Å²) in [6.07, 6.45) is 2.82. The molecule has 2 heterocycles. The number of likely N-dealkylation sites (N-methyl/N-ethyl adjacent to an activating group) is 1. The molecule has 0 saturated carbocycles. The van der Waals surface area contributed by atoms with Gasteiger partial charge < -0.3 is 9.64 Å². The zero-order chi connectivity index (χ0) is 24.3. The monoisotopic (exact) mass is 502 g/mol. The van der Waals surface area contributed by atoms with Crippen LogP contribution in [0.1, 0.15) is 29.6 Å². The highest BCUT2D eigenvalue weighted by atomic mass is 32.2. The summed E-state index contributed by atoms with van der Waals surface area (Å²) >= 11 is 1.43. The average molecular weight is 503 g/mol. The molecule has 0 N–H and O–H groups in total. The van der Waals surface area contributed by atoms with Gasteiger partial charge in [-0.2, -0.15) is 4.31 Å². The van der Waals surface area contributed by atoms with Gasteiger partial charge in [0, 0.05) is 31.7 Å². The summed E-state index contributed by atoms with van der Waals surface area (Å²) in [5, 5.41) is 0.597. The van der Waals surface area contributed by atoms with Gasteiger partial charge in [-0.05, 0) is 69.4 Å². The Labute approximate surface area is 204 Å². The molecule has 1 aromatic heterocycles. The molecule has 0 aliphatic carbocycles. The Bertz CT molecular complexity index is 1250. The van der Waals surface area contributed by atoms with Crippen molar-refractivity contribution >= 4 is 42.6 Å². The molecule has 34 heavy (non-hydrogen) atoms. The number of amides is 1. The number of thiazole rings is 1. The van der Waals surface area contributed by atoms with Crippen molar-refractivity contribution < 1.29 is 17.9 Å². The number of carbonyl (C=O) groups is 1. The van der Waals surface area contributed by atoms with Gasteiger partial charge in [-0.1, -0.05) is 17.8 Å². The van der Waals surface area contributed by atoms with Gasteiger partial charge in [-0.25, -0.2) is 13.4 Å². The third-order valence-corrected chi connectivity index (χ3v) is 8.84. The second-order valence-electron chi connectivity index (χ2n) is 8.58. The van der Waals surface area contributed by atoms with Crippen LogP contribution in [-0.4, -0.2) is 75.9 Å². The number of methoxy groups -OCH3 is 1. The Morgan fingerprint density at radius 2 is 1.76 bits per heavy atom. The first-order valence-corrected chi connectivity index (χ1v) is 13.6. The van der Waals surface area contributed by atoms with Crippen LogP contribution < -0.4 is 9.64 Å². The lowest BCUT2D eigenvalue weighted by Gasteiger charge is -2.26. The fourth-order valence-corrected chi connectivity index (χ4v) is 6.43. The second kappa shape index (κ2) is 10.4. The molecule has 2 aromatic carbocycles. The zero-order valence-electron chi connectivity index (χ0n) is 19.7. The molecule has 1 saturated heterocycles. The molecule has 3 aromatic rings. The predicted octanol–water partition coefficient (Wildman–Crippen LogP) is 3.69. The smallest absolute Gasteiger partial charge is 0.260 e. The minimum atomic E-state index is -3.54. The van der Waals surface area contributed by atoms with Gasteiger partial charge in [-0.3, -0.25) is 9.69 Å². The van der Waals surface area contributed by atoms with Crippen LogP contribution in [0, 0.1) is 0 Å². The van der Waals surface area contributed by atoms with E-state index in [1.165, 1.54) is 27.8 Å². The number of carbonyl (C=O) groups excluding carboxylic acids is 1. The van der Waals surface area contributed by atoms with Crippen LogP contribution in [0.5, 0.6) is 5.75 Å². The predicted molar refractivity (Wildman–Crippen MR) is 135 cm³/mol. The number of hydrogen-bond acceptors (Lipinski definition) is 7. The third-order valence-electron chi connectivity index (χ3n) is 5.89. The van der Waals surface area contributed by atoms with Gasteiger partial charge >= 0.3 is 0 Å². The quantitative estimate of drug-likeness (QED) is 0.467. The first-order valence-electron chi connectivity index (χ1n) is 11.3. The number of anilines is 1. The fourth-order valence-electron chi connectivity index (χ4n) is 3.90. The van der Waals surface area contributed by atoms with Crippen molar-refractivity contribution in [3.05, 3.63) is 48.0 Å². The molecule has 1 fully saturated rings. The van der Waals surface area contributed by atoms with Gasteiger partial charge in [-0.15, -0.1) is 0 Å². The topological polar surface area (TPSA) is 83.0 Å². The molecule has 1 aliphatic rings. The first kappa shape index (κ1) is 24.6. The van der Waals surface area contributed by atoms with Crippen LogP contribution in [0.15, 0.2) is 47.4 Å². The lowest BCUT2D eigenvalue weighted by atomic mass is 10.2. The third kappa shape index (κ3) is 5.25. The maximum absolute atomic E-state index is 13.5. The molecule has 182 valence electrons. The summed E-state index contributed by atoms with van der Waals surface area (Å²) in [6, 6.07) is 11.9. The van der Waals surface area contributed by atoms with E-state index in [2.05, 4.69) is 4.98 Å². The molecular formula is C24H30N4O4S2. The van der Waals surface area contributed by atoms with Crippen LogP contribution >= 0.6 is 11.3 Å². The van der Waals surface area contributed by atoms with Crippen LogP contribution in [0.25, 0.3) is 10.2 Å². The van der Waals surface area contributed by atoms with Crippen LogP contribution in [0.2, 0.25) is 0 Å². The molecule has 0 spiro atoms. The molecule has 4 rings (SSSR count). The van der Waals surface area contributed by atoms with E-state index in [0.717, 1.165) is 35.2 Å². The summed E-state index contributed by atoms with van der Waals surface area (Å²) in [6.45, 7) is 2.20. The maximum atomic E-state index is 13.5. The van der Waals surface area contributed by atoms with Gasteiger partial charge in [0.05, 0.1) is 22.2 Å². The minimum absolute atomic E-state index is 0.213. The molecule has 0 radical (unpaired) electrons. The summed E-state index contributed by atoms with van der Waals surface area (Å²) in [7, 11) is 1.97. The zero-order valence-corrected chi connectivity index (χ0v) is 21.4. The number of sulfonamides is 1. The number of ether oxygens (including phenoxy) is 1. The van der Waals surface area contributed by atoms with Crippen molar-refractivity contribution in [3.8, 4) is 5.75 Å². The van der Waals surface area contributed by atoms with E-state index in [1.54, 1.807) is 24.1 Å². The standard InChI is InChI=1S/C24H30N4O4S2/c1-26(2)15-16-28(24-25-21-12-9-19(32-3)17-22(21)33-24)23(29)18-7-10-20(11-8-18)34(30,31)27-13-5-4-6-14-27/h7-12,17H,4-6,13-16H2,1-3H3. The number of rotatable bonds is 8.